The lowest BCUT2D eigenvalue weighted by atomic mass is 9.70. The van der Waals surface area contributed by atoms with E-state index in [1.165, 1.54) is 83.5 Å². The first-order valence-electron chi connectivity index (χ1n) is 14.7. The van der Waals surface area contributed by atoms with Gasteiger partial charge in [-0.05, 0) is 93.9 Å². The zero-order valence-electron chi connectivity index (χ0n) is 22.4. The fourth-order valence-corrected chi connectivity index (χ4v) is 6.96. The molecule has 0 radical (unpaired) electrons. The van der Waals surface area contributed by atoms with Crippen molar-refractivity contribution in [1.82, 2.24) is 0 Å². The maximum Gasteiger partial charge on any atom is 0.00416 e. The van der Waals surface area contributed by atoms with Gasteiger partial charge in [0.1, 0.15) is 0 Å². The van der Waals surface area contributed by atoms with Gasteiger partial charge >= 0.3 is 0 Å². The molecule has 3 unspecified atom stereocenters. The maximum absolute atomic E-state index is 2.57. The third-order valence-corrected chi connectivity index (χ3v) is 8.98. The fourth-order valence-electron chi connectivity index (χ4n) is 6.96. The molecule has 4 rings (SSSR count). The second kappa shape index (κ2) is 13.9. The summed E-state index contributed by atoms with van der Waals surface area (Å²) >= 11 is 0. The van der Waals surface area contributed by atoms with Crippen LogP contribution in [-0.2, 0) is 0 Å². The summed E-state index contributed by atoms with van der Waals surface area (Å²) in [6, 6.07) is 11.5. The molecule has 0 bridgehead atoms. The first kappa shape index (κ1) is 26.0. The second-order valence-corrected chi connectivity index (χ2v) is 11.1. The van der Waals surface area contributed by atoms with Crippen LogP contribution < -0.4 is 0 Å². The zero-order chi connectivity index (χ0) is 24.3. The van der Waals surface area contributed by atoms with E-state index < -0.39 is 0 Å². The van der Waals surface area contributed by atoms with Crippen LogP contribution in [0, 0.1) is 17.8 Å². The van der Waals surface area contributed by atoms with E-state index in [-0.39, 0.29) is 0 Å². The molecule has 0 saturated carbocycles. The topological polar surface area (TPSA) is 0 Å². The van der Waals surface area contributed by atoms with Crippen LogP contribution in [0.15, 0.2) is 89.6 Å². The normalized spacial score (nSPS) is 20.7. The first-order chi connectivity index (χ1) is 17.3. The number of hydrogen-bond acceptors (Lipinski definition) is 0. The SMILES string of the molecule is CCC(CCC(CC)C(CC1=CCCCC1)c1ccccc1)C(C1=CC=CCC1)C1=CC=CCC1. The molecule has 1 aromatic rings. The Kier molecular flexibility index (Phi) is 10.3. The van der Waals surface area contributed by atoms with Crippen molar-refractivity contribution in [2.24, 2.45) is 17.8 Å². The molecule has 188 valence electrons. The van der Waals surface area contributed by atoms with Gasteiger partial charge in [0.15, 0.2) is 0 Å². The second-order valence-electron chi connectivity index (χ2n) is 11.1. The highest BCUT2D eigenvalue weighted by Crippen LogP contribution is 2.43. The van der Waals surface area contributed by atoms with Crippen molar-refractivity contribution in [1.29, 1.82) is 0 Å². The van der Waals surface area contributed by atoms with Gasteiger partial charge in [-0.2, -0.15) is 0 Å². The molecule has 3 aliphatic carbocycles. The zero-order valence-corrected chi connectivity index (χ0v) is 22.4. The van der Waals surface area contributed by atoms with Crippen LogP contribution in [0.4, 0.5) is 0 Å². The standard InChI is InChI=1S/C35H48/c1-3-29(34(31-19-11-6-12-20-31)27-28-17-9-5-10-18-28)25-26-30(4-2)35(32-21-13-7-14-22-32)33-23-15-8-16-24-33/h6-8,11-13,15,17,19-21,23,29-30,34-35H,3-5,9-10,14,16,18,22,24-27H2,1-2H3. The summed E-state index contributed by atoms with van der Waals surface area (Å²) in [6.07, 6.45) is 33.6. The molecule has 3 atom stereocenters. The van der Waals surface area contributed by atoms with E-state index in [1.54, 1.807) is 22.3 Å². The number of benzene rings is 1. The Bertz CT molecular complexity index is 890. The lowest BCUT2D eigenvalue weighted by Crippen LogP contribution is -2.23. The van der Waals surface area contributed by atoms with Crippen molar-refractivity contribution in [2.45, 2.75) is 103 Å². The van der Waals surface area contributed by atoms with Gasteiger partial charge < -0.3 is 0 Å². The number of rotatable bonds is 12. The summed E-state index contributed by atoms with van der Waals surface area (Å²) in [5, 5.41) is 0. The third kappa shape index (κ3) is 7.22. The van der Waals surface area contributed by atoms with Crippen LogP contribution >= 0.6 is 0 Å². The molecule has 35 heavy (non-hydrogen) atoms. The predicted octanol–water partition coefficient (Wildman–Crippen LogP) is 10.7. The van der Waals surface area contributed by atoms with Gasteiger partial charge in [-0.15, -0.1) is 0 Å². The van der Waals surface area contributed by atoms with Gasteiger partial charge in [0.25, 0.3) is 0 Å². The van der Waals surface area contributed by atoms with Gasteiger partial charge in [-0.3, -0.25) is 0 Å². The van der Waals surface area contributed by atoms with E-state index in [9.17, 15) is 0 Å². The Balaban J connectivity index is 1.53. The van der Waals surface area contributed by atoms with Crippen LogP contribution in [0.3, 0.4) is 0 Å². The van der Waals surface area contributed by atoms with Crippen LogP contribution in [0.25, 0.3) is 0 Å². The maximum atomic E-state index is 2.57. The molecule has 0 nitrogen and oxygen atoms in total. The monoisotopic (exact) mass is 468 g/mol. The van der Waals surface area contributed by atoms with Crippen LogP contribution in [0.2, 0.25) is 0 Å². The minimum Gasteiger partial charge on any atom is -0.0853 e. The van der Waals surface area contributed by atoms with E-state index >= 15 is 0 Å². The van der Waals surface area contributed by atoms with Crippen LogP contribution in [0.1, 0.15) is 109 Å². The molecule has 0 aromatic heterocycles. The summed E-state index contributed by atoms with van der Waals surface area (Å²) in [4.78, 5) is 0. The quantitative estimate of drug-likeness (QED) is 0.268. The number of hydrogen-bond donors (Lipinski definition) is 0. The molecule has 0 saturated heterocycles. The highest BCUT2D eigenvalue weighted by Gasteiger charge is 2.30. The molecule has 0 amide bonds. The fraction of sp³-hybridized carbons (Fsp3) is 0.543. The third-order valence-electron chi connectivity index (χ3n) is 8.98. The van der Waals surface area contributed by atoms with Gasteiger partial charge in [0, 0.05) is 5.92 Å². The predicted molar refractivity (Wildman–Crippen MR) is 154 cm³/mol. The van der Waals surface area contributed by atoms with Crippen molar-refractivity contribution < 1.29 is 0 Å². The summed E-state index contributed by atoms with van der Waals surface area (Å²) in [7, 11) is 0. The highest BCUT2D eigenvalue weighted by molar-refractivity contribution is 5.32. The molecule has 1 aromatic carbocycles. The average Bonchev–Trinajstić information content (AvgIpc) is 2.94. The molecule has 3 aliphatic rings. The van der Waals surface area contributed by atoms with Gasteiger partial charge in [0.05, 0.1) is 0 Å². The van der Waals surface area contributed by atoms with E-state index in [1.807, 2.05) is 0 Å². The molecule has 0 spiro atoms. The smallest absolute Gasteiger partial charge is 0.00416 e. The minimum absolute atomic E-state index is 0.642. The molecule has 0 N–H and O–H groups in total. The van der Waals surface area contributed by atoms with Gasteiger partial charge in [0.2, 0.25) is 0 Å². The van der Waals surface area contributed by atoms with Crippen molar-refractivity contribution in [2.75, 3.05) is 0 Å². The van der Waals surface area contributed by atoms with E-state index in [0.29, 0.717) is 11.8 Å². The summed E-state index contributed by atoms with van der Waals surface area (Å²) < 4.78 is 0. The Hall–Kier alpha value is -2.08. The molecule has 0 aliphatic heterocycles. The Morgan fingerprint density at radius 2 is 1.37 bits per heavy atom. The Morgan fingerprint density at radius 3 is 1.91 bits per heavy atom. The van der Waals surface area contributed by atoms with Gasteiger partial charge in [-0.25, -0.2) is 0 Å². The van der Waals surface area contributed by atoms with Crippen molar-refractivity contribution in [3.8, 4) is 0 Å². The van der Waals surface area contributed by atoms with Crippen LogP contribution in [-0.4, -0.2) is 0 Å². The van der Waals surface area contributed by atoms with Crippen molar-refractivity contribution >= 4 is 0 Å². The first-order valence-corrected chi connectivity index (χ1v) is 14.7. The Morgan fingerprint density at radius 1 is 0.714 bits per heavy atom. The molecule has 0 fully saturated rings. The summed E-state index contributed by atoms with van der Waals surface area (Å²) in [6.45, 7) is 4.88. The Labute approximate surface area is 216 Å². The summed E-state index contributed by atoms with van der Waals surface area (Å²) in [5.74, 6) is 2.82. The molecule has 0 heteroatoms. The summed E-state index contributed by atoms with van der Waals surface area (Å²) in [5.41, 5.74) is 6.68. The van der Waals surface area contributed by atoms with E-state index in [0.717, 1.165) is 11.8 Å². The van der Waals surface area contributed by atoms with Crippen molar-refractivity contribution in [3.05, 3.63) is 95.1 Å². The lowest BCUT2D eigenvalue weighted by molar-refractivity contribution is 0.294. The van der Waals surface area contributed by atoms with Gasteiger partial charge in [-0.1, -0.05) is 116 Å². The number of allylic oxidation sites excluding steroid dienone is 10. The molecular formula is C35H48. The minimum atomic E-state index is 0.642. The lowest BCUT2D eigenvalue weighted by Gasteiger charge is -2.35. The average molecular weight is 469 g/mol. The van der Waals surface area contributed by atoms with Crippen LogP contribution in [0.5, 0.6) is 0 Å². The van der Waals surface area contributed by atoms with E-state index in [2.05, 4.69) is 86.7 Å². The largest absolute Gasteiger partial charge is 0.0853 e. The molecule has 0 heterocycles. The van der Waals surface area contributed by atoms with Crippen molar-refractivity contribution in [3.63, 3.8) is 0 Å². The van der Waals surface area contributed by atoms with E-state index in [4.69, 9.17) is 0 Å². The molecular weight excluding hydrogens is 420 g/mol. The highest BCUT2D eigenvalue weighted by atomic mass is 14.3.